The van der Waals surface area contributed by atoms with Crippen molar-refractivity contribution in [3.05, 3.63) is 83.2 Å². The van der Waals surface area contributed by atoms with Gasteiger partial charge >= 0.3 is 0 Å². The average molecular weight is 377 g/mol. The highest BCUT2D eigenvalue weighted by atomic mass is 16.5. The van der Waals surface area contributed by atoms with Crippen LogP contribution in [-0.2, 0) is 21.6 Å². The van der Waals surface area contributed by atoms with Crippen molar-refractivity contribution in [2.75, 3.05) is 13.1 Å². The van der Waals surface area contributed by atoms with Crippen LogP contribution in [0.5, 0.6) is 0 Å². The maximum Gasteiger partial charge on any atom is 0.218 e. The highest BCUT2D eigenvalue weighted by molar-refractivity contribution is 5.75. The fourth-order valence-electron chi connectivity index (χ4n) is 4.25. The van der Waals surface area contributed by atoms with Crippen molar-refractivity contribution in [1.82, 2.24) is 4.90 Å². The Morgan fingerprint density at radius 2 is 1.57 bits per heavy atom. The van der Waals surface area contributed by atoms with E-state index < -0.39 is 0 Å². The summed E-state index contributed by atoms with van der Waals surface area (Å²) in [5, 5.41) is 0. The van der Waals surface area contributed by atoms with Crippen LogP contribution in [0.15, 0.2) is 72.1 Å². The minimum atomic E-state index is -0.224. The van der Waals surface area contributed by atoms with Crippen LogP contribution in [0.25, 0.3) is 0 Å². The van der Waals surface area contributed by atoms with Gasteiger partial charge in [0, 0.05) is 24.9 Å². The van der Waals surface area contributed by atoms with Crippen molar-refractivity contribution in [1.29, 1.82) is 0 Å². The Balaban J connectivity index is 1.46. The van der Waals surface area contributed by atoms with Crippen LogP contribution in [0.2, 0.25) is 0 Å². The summed E-state index contributed by atoms with van der Waals surface area (Å²) in [5.74, 6) is 0.836. The third kappa shape index (κ3) is 4.22. The number of ether oxygens (including phenoxy) is 1. The number of hydrogen-bond donors (Lipinski definition) is 1. The normalized spacial score (nSPS) is 17.9. The number of nitrogens with two attached hydrogens (primary N) is 1. The fraction of sp³-hybridized carbons (Fsp3) is 0.375. The van der Waals surface area contributed by atoms with Gasteiger partial charge in [0.25, 0.3) is 0 Å². The van der Waals surface area contributed by atoms with E-state index in [0.717, 1.165) is 44.7 Å². The van der Waals surface area contributed by atoms with Gasteiger partial charge in [0.15, 0.2) is 5.88 Å². The first kappa shape index (κ1) is 18.6. The lowest BCUT2D eigenvalue weighted by molar-refractivity contribution is -0.119. The van der Waals surface area contributed by atoms with Crippen molar-refractivity contribution in [2.45, 2.75) is 44.1 Å². The number of rotatable bonds is 7. The summed E-state index contributed by atoms with van der Waals surface area (Å²) < 4.78 is 6.26. The first-order valence-electron chi connectivity index (χ1n) is 10.1. The van der Waals surface area contributed by atoms with Crippen LogP contribution >= 0.6 is 0 Å². The molecule has 0 unspecified atom stereocenters. The van der Waals surface area contributed by atoms with Gasteiger partial charge in [-0.05, 0) is 42.4 Å². The maximum atomic E-state index is 11.8. The summed E-state index contributed by atoms with van der Waals surface area (Å²) in [5.41, 5.74) is 9.28. The van der Waals surface area contributed by atoms with Crippen LogP contribution in [0.4, 0.5) is 0 Å². The first-order chi connectivity index (χ1) is 13.7. The Kier molecular flexibility index (Phi) is 5.38. The second-order valence-corrected chi connectivity index (χ2v) is 7.96. The van der Waals surface area contributed by atoms with Crippen molar-refractivity contribution >= 4 is 5.91 Å². The highest BCUT2D eigenvalue weighted by Crippen LogP contribution is 2.41. The van der Waals surface area contributed by atoms with Crippen LogP contribution in [0, 0.1) is 0 Å². The zero-order valence-electron chi connectivity index (χ0n) is 16.3. The molecule has 1 aliphatic heterocycles. The summed E-state index contributed by atoms with van der Waals surface area (Å²) in [4.78, 5) is 14.2. The summed E-state index contributed by atoms with van der Waals surface area (Å²) in [7, 11) is 0. The van der Waals surface area contributed by atoms with Gasteiger partial charge in [0.1, 0.15) is 6.61 Å². The molecule has 2 aromatic rings. The molecule has 4 rings (SSSR count). The smallest absolute Gasteiger partial charge is 0.218 e. The number of likely N-dealkylation sites (tertiary alicyclic amines) is 1. The Morgan fingerprint density at radius 1 is 0.964 bits per heavy atom. The van der Waals surface area contributed by atoms with Gasteiger partial charge in [0.05, 0.1) is 0 Å². The van der Waals surface area contributed by atoms with Gasteiger partial charge in [-0.15, -0.1) is 0 Å². The molecule has 1 aliphatic carbocycles. The molecule has 0 spiro atoms. The Hall–Kier alpha value is -2.75. The SMILES string of the molecule is NC(=O)CC1(c2ccccc2)CCN(C(OCc2ccccc2)=C2CC2)CC1. The van der Waals surface area contributed by atoms with Crippen LogP contribution < -0.4 is 5.73 Å². The van der Waals surface area contributed by atoms with Gasteiger partial charge in [-0.1, -0.05) is 60.7 Å². The number of primary amides is 1. The molecule has 0 radical (unpaired) electrons. The van der Waals surface area contributed by atoms with Crippen molar-refractivity contribution in [3.63, 3.8) is 0 Å². The van der Waals surface area contributed by atoms with Crippen molar-refractivity contribution in [3.8, 4) is 0 Å². The zero-order valence-corrected chi connectivity index (χ0v) is 16.3. The number of carbonyl (C=O) groups excluding carboxylic acids is 1. The van der Waals surface area contributed by atoms with Crippen molar-refractivity contribution in [2.24, 2.45) is 5.73 Å². The number of hydrogen-bond acceptors (Lipinski definition) is 3. The van der Waals surface area contributed by atoms with Gasteiger partial charge in [-0.2, -0.15) is 0 Å². The predicted molar refractivity (Wildman–Crippen MR) is 110 cm³/mol. The summed E-state index contributed by atoms with van der Waals surface area (Å²) in [6.07, 6.45) is 4.48. The van der Waals surface area contributed by atoms with E-state index in [4.69, 9.17) is 10.5 Å². The van der Waals surface area contributed by atoms with E-state index in [-0.39, 0.29) is 11.3 Å². The summed E-state index contributed by atoms with van der Waals surface area (Å²) in [6.45, 7) is 2.37. The van der Waals surface area contributed by atoms with Crippen LogP contribution in [-0.4, -0.2) is 23.9 Å². The standard InChI is InChI=1S/C24H28N2O2/c25-22(27)17-24(21-9-5-2-6-10-21)13-15-26(16-14-24)23(20-11-12-20)28-18-19-7-3-1-4-8-19/h1-10H,11-18H2,(H2,25,27). The molecule has 0 bridgehead atoms. The second-order valence-electron chi connectivity index (χ2n) is 7.96. The number of nitrogens with zero attached hydrogens (tertiary/aromatic N) is 1. The topological polar surface area (TPSA) is 55.6 Å². The molecule has 0 atom stereocenters. The van der Waals surface area contributed by atoms with E-state index in [9.17, 15) is 4.79 Å². The molecular formula is C24H28N2O2. The van der Waals surface area contributed by atoms with E-state index in [1.165, 1.54) is 16.7 Å². The molecule has 0 aromatic heterocycles. The molecule has 1 amide bonds. The molecule has 4 nitrogen and oxygen atoms in total. The zero-order chi connectivity index (χ0) is 19.4. The van der Waals surface area contributed by atoms with Crippen molar-refractivity contribution < 1.29 is 9.53 Å². The summed E-state index contributed by atoms with van der Waals surface area (Å²) in [6, 6.07) is 20.7. The summed E-state index contributed by atoms with van der Waals surface area (Å²) >= 11 is 0. The second kappa shape index (κ2) is 8.09. The highest BCUT2D eigenvalue weighted by Gasteiger charge is 2.39. The molecule has 2 N–H and O–H groups in total. The van der Waals surface area contributed by atoms with E-state index >= 15 is 0 Å². The van der Waals surface area contributed by atoms with Gasteiger partial charge in [-0.25, -0.2) is 0 Å². The number of benzene rings is 2. The quantitative estimate of drug-likeness (QED) is 0.740. The van der Waals surface area contributed by atoms with Crippen LogP contribution in [0.3, 0.4) is 0 Å². The molecular weight excluding hydrogens is 348 g/mol. The Bertz CT molecular complexity index is 831. The average Bonchev–Trinajstić information content (AvgIpc) is 3.56. The Labute approximate surface area is 167 Å². The lowest BCUT2D eigenvalue weighted by atomic mass is 9.70. The molecule has 4 heteroatoms. The molecule has 146 valence electrons. The van der Waals surface area contributed by atoms with E-state index in [2.05, 4.69) is 29.2 Å². The molecule has 28 heavy (non-hydrogen) atoms. The molecule has 1 saturated carbocycles. The molecule has 2 aliphatic rings. The van der Waals surface area contributed by atoms with Gasteiger partial charge in [0.2, 0.25) is 5.91 Å². The monoisotopic (exact) mass is 376 g/mol. The first-order valence-corrected chi connectivity index (χ1v) is 10.1. The predicted octanol–water partition coefficient (Wildman–Crippen LogP) is 4.12. The minimum absolute atomic E-state index is 0.164. The van der Waals surface area contributed by atoms with E-state index in [0.29, 0.717) is 13.0 Å². The molecule has 2 aromatic carbocycles. The fourth-order valence-corrected chi connectivity index (χ4v) is 4.25. The van der Waals surface area contributed by atoms with E-state index in [1.54, 1.807) is 0 Å². The minimum Gasteiger partial charge on any atom is -0.474 e. The van der Waals surface area contributed by atoms with E-state index in [1.807, 2.05) is 36.4 Å². The molecule has 1 heterocycles. The lowest BCUT2D eigenvalue weighted by Gasteiger charge is -2.43. The Morgan fingerprint density at radius 3 is 2.14 bits per heavy atom. The number of amides is 1. The molecule has 1 saturated heterocycles. The maximum absolute atomic E-state index is 11.8. The van der Waals surface area contributed by atoms with Crippen LogP contribution in [0.1, 0.15) is 43.2 Å². The molecule has 2 fully saturated rings. The van der Waals surface area contributed by atoms with Gasteiger partial charge in [-0.3, -0.25) is 4.79 Å². The lowest BCUT2D eigenvalue weighted by Crippen LogP contribution is -2.44. The number of piperidine rings is 1. The number of allylic oxidation sites excluding steroid dienone is 1. The van der Waals surface area contributed by atoms with Gasteiger partial charge < -0.3 is 15.4 Å². The third-order valence-corrected chi connectivity index (χ3v) is 5.93. The third-order valence-electron chi connectivity index (χ3n) is 5.93. The largest absolute Gasteiger partial charge is 0.474 e. The number of carbonyl (C=O) groups is 1.